The summed E-state index contributed by atoms with van der Waals surface area (Å²) in [7, 11) is -1.04. The molecule has 3 nitrogen and oxygen atoms in total. The molecule has 0 saturated heterocycles. The number of allylic oxidation sites excluding steroid dienone is 2. The van der Waals surface area contributed by atoms with E-state index in [0.29, 0.717) is 6.42 Å². The van der Waals surface area contributed by atoms with Crippen LogP contribution in [0.15, 0.2) is 30.3 Å². The normalized spacial score (nSPS) is 15.6. The fourth-order valence-electron chi connectivity index (χ4n) is 2.35. The van der Waals surface area contributed by atoms with E-state index in [1.165, 1.54) is 0 Å². The molecule has 0 fully saturated rings. The van der Waals surface area contributed by atoms with Crippen molar-refractivity contribution in [1.29, 1.82) is 0 Å². The average Bonchev–Trinajstić information content (AvgIpc) is 2.46. The molecule has 2 rings (SSSR count). The van der Waals surface area contributed by atoms with Crippen molar-refractivity contribution in [3.05, 3.63) is 35.9 Å². The van der Waals surface area contributed by atoms with Gasteiger partial charge in [0, 0.05) is 21.1 Å². The van der Waals surface area contributed by atoms with Crippen LogP contribution in [0.3, 0.4) is 0 Å². The zero-order chi connectivity index (χ0) is 16.0. The standard InChI is InChI=1S/C18H26O3Si/c1-22(2,3)11-10-20-14-21-18-9-5-7-16(13-18)15-6-4-8-17(19)12-15/h5,7,9,12-13H,4,6,8,10-11,14H2,1-3H3. The number of ketones is 1. The van der Waals surface area contributed by atoms with Gasteiger partial charge in [0.15, 0.2) is 12.6 Å². The lowest BCUT2D eigenvalue weighted by molar-refractivity contribution is -0.114. The van der Waals surface area contributed by atoms with E-state index in [4.69, 9.17) is 9.47 Å². The number of carbonyl (C=O) groups is 1. The van der Waals surface area contributed by atoms with Gasteiger partial charge in [0.2, 0.25) is 0 Å². The van der Waals surface area contributed by atoms with Crippen molar-refractivity contribution in [2.45, 2.75) is 44.9 Å². The van der Waals surface area contributed by atoms with E-state index in [-0.39, 0.29) is 12.6 Å². The van der Waals surface area contributed by atoms with Crippen molar-refractivity contribution in [2.75, 3.05) is 13.4 Å². The van der Waals surface area contributed by atoms with E-state index < -0.39 is 8.07 Å². The lowest BCUT2D eigenvalue weighted by Gasteiger charge is -2.16. The van der Waals surface area contributed by atoms with Gasteiger partial charge in [-0.15, -0.1) is 0 Å². The van der Waals surface area contributed by atoms with Gasteiger partial charge in [0.05, 0.1) is 0 Å². The van der Waals surface area contributed by atoms with Crippen LogP contribution in [0.5, 0.6) is 5.75 Å². The lowest BCUT2D eigenvalue weighted by atomic mass is 9.93. The van der Waals surface area contributed by atoms with E-state index >= 15 is 0 Å². The average molecular weight is 318 g/mol. The third kappa shape index (κ3) is 5.77. The third-order valence-electron chi connectivity index (χ3n) is 3.71. The first-order valence-electron chi connectivity index (χ1n) is 7.98. The van der Waals surface area contributed by atoms with Crippen molar-refractivity contribution in [3.8, 4) is 5.75 Å². The molecule has 1 aromatic rings. The monoisotopic (exact) mass is 318 g/mol. The van der Waals surface area contributed by atoms with Crippen LogP contribution < -0.4 is 4.74 Å². The Morgan fingerprint density at radius 1 is 1.18 bits per heavy atom. The Morgan fingerprint density at radius 2 is 2.00 bits per heavy atom. The SMILES string of the molecule is C[Si](C)(C)CCOCOc1cccc(C2=CC(=O)CCC2)c1. The number of hydrogen-bond acceptors (Lipinski definition) is 3. The molecular weight excluding hydrogens is 292 g/mol. The number of hydrogen-bond donors (Lipinski definition) is 0. The minimum absolute atomic E-state index is 0.224. The molecule has 0 bridgehead atoms. The molecule has 22 heavy (non-hydrogen) atoms. The molecule has 0 radical (unpaired) electrons. The molecule has 0 spiro atoms. The molecule has 0 heterocycles. The van der Waals surface area contributed by atoms with E-state index in [2.05, 4.69) is 19.6 Å². The summed E-state index contributed by atoms with van der Waals surface area (Å²) < 4.78 is 11.2. The van der Waals surface area contributed by atoms with Crippen molar-refractivity contribution < 1.29 is 14.3 Å². The number of rotatable bonds is 7. The molecular formula is C18H26O3Si. The van der Waals surface area contributed by atoms with Crippen LogP contribution in [0.1, 0.15) is 24.8 Å². The van der Waals surface area contributed by atoms with E-state index in [9.17, 15) is 4.79 Å². The van der Waals surface area contributed by atoms with Crippen LogP contribution in [0.2, 0.25) is 25.7 Å². The number of carbonyl (C=O) groups excluding carboxylic acids is 1. The van der Waals surface area contributed by atoms with Crippen LogP contribution in [0, 0.1) is 0 Å². The van der Waals surface area contributed by atoms with Gasteiger partial charge in [-0.1, -0.05) is 31.8 Å². The summed E-state index contributed by atoms with van der Waals surface area (Å²) >= 11 is 0. The quantitative estimate of drug-likeness (QED) is 0.421. The number of benzene rings is 1. The summed E-state index contributed by atoms with van der Waals surface area (Å²) in [4.78, 5) is 11.5. The van der Waals surface area contributed by atoms with Gasteiger partial charge in [0.25, 0.3) is 0 Å². The van der Waals surface area contributed by atoms with Crippen LogP contribution in [0.4, 0.5) is 0 Å². The Balaban J connectivity index is 1.85. The zero-order valence-electron chi connectivity index (χ0n) is 13.9. The highest BCUT2D eigenvalue weighted by atomic mass is 28.3. The molecule has 0 amide bonds. The Hall–Kier alpha value is -1.39. The maximum Gasteiger partial charge on any atom is 0.189 e. The highest BCUT2D eigenvalue weighted by Crippen LogP contribution is 2.27. The molecule has 0 unspecified atom stereocenters. The Labute approximate surface area is 134 Å². The molecule has 4 heteroatoms. The second-order valence-electron chi connectivity index (χ2n) is 7.00. The second-order valence-corrected chi connectivity index (χ2v) is 12.6. The maximum absolute atomic E-state index is 11.5. The first kappa shape index (κ1) is 17.0. The van der Waals surface area contributed by atoms with Crippen molar-refractivity contribution in [2.24, 2.45) is 0 Å². The molecule has 0 aromatic heterocycles. The van der Waals surface area contributed by atoms with Gasteiger partial charge in [0.1, 0.15) is 5.75 Å². The fourth-order valence-corrected chi connectivity index (χ4v) is 3.11. The first-order valence-corrected chi connectivity index (χ1v) is 11.7. The Morgan fingerprint density at radius 3 is 2.73 bits per heavy atom. The fraction of sp³-hybridized carbons (Fsp3) is 0.500. The topological polar surface area (TPSA) is 35.5 Å². The summed E-state index contributed by atoms with van der Waals surface area (Å²) in [6, 6.07) is 9.06. The summed E-state index contributed by atoms with van der Waals surface area (Å²) in [5.74, 6) is 1.02. The van der Waals surface area contributed by atoms with Crippen molar-refractivity contribution >= 4 is 19.4 Å². The molecule has 0 atom stereocenters. The summed E-state index contributed by atoms with van der Waals surface area (Å²) in [5.41, 5.74) is 2.19. The second kappa shape index (κ2) is 7.74. The van der Waals surface area contributed by atoms with Crippen LogP contribution in [-0.2, 0) is 9.53 Å². The third-order valence-corrected chi connectivity index (χ3v) is 5.42. The Kier molecular flexibility index (Phi) is 5.97. The summed E-state index contributed by atoms with van der Waals surface area (Å²) in [6.45, 7) is 8.04. The Bertz CT molecular complexity index is 544. The smallest absolute Gasteiger partial charge is 0.189 e. The molecule has 1 aliphatic rings. The highest BCUT2D eigenvalue weighted by Gasteiger charge is 2.13. The first-order chi connectivity index (χ1) is 10.4. The largest absolute Gasteiger partial charge is 0.468 e. The molecule has 120 valence electrons. The molecule has 0 aliphatic heterocycles. The van der Waals surface area contributed by atoms with Gasteiger partial charge in [-0.3, -0.25) is 4.79 Å². The van der Waals surface area contributed by atoms with Gasteiger partial charge in [-0.05, 0) is 48.2 Å². The van der Waals surface area contributed by atoms with Gasteiger partial charge >= 0.3 is 0 Å². The summed E-state index contributed by atoms with van der Waals surface area (Å²) in [6.07, 6.45) is 4.34. The summed E-state index contributed by atoms with van der Waals surface area (Å²) in [5, 5.41) is 0. The number of ether oxygens (including phenoxy) is 2. The van der Waals surface area contributed by atoms with E-state index in [0.717, 1.165) is 42.4 Å². The highest BCUT2D eigenvalue weighted by molar-refractivity contribution is 6.76. The molecule has 1 aromatic carbocycles. The minimum Gasteiger partial charge on any atom is -0.468 e. The lowest BCUT2D eigenvalue weighted by Crippen LogP contribution is -2.22. The van der Waals surface area contributed by atoms with Crippen LogP contribution >= 0.6 is 0 Å². The zero-order valence-corrected chi connectivity index (χ0v) is 14.9. The van der Waals surface area contributed by atoms with Gasteiger partial charge in [-0.2, -0.15) is 0 Å². The predicted molar refractivity (Wildman–Crippen MR) is 92.9 cm³/mol. The minimum atomic E-state index is -1.04. The van der Waals surface area contributed by atoms with Crippen molar-refractivity contribution in [3.63, 3.8) is 0 Å². The molecule has 0 saturated carbocycles. The van der Waals surface area contributed by atoms with Gasteiger partial charge in [-0.25, -0.2) is 0 Å². The van der Waals surface area contributed by atoms with E-state index in [1.54, 1.807) is 6.08 Å². The van der Waals surface area contributed by atoms with E-state index in [1.807, 2.05) is 24.3 Å². The maximum atomic E-state index is 11.5. The van der Waals surface area contributed by atoms with Crippen LogP contribution in [0.25, 0.3) is 5.57 Å². The van der Waals surface area contributed by atoms with Crippen LogP contribution in [-0.4, -0.2) is 27.3 Å². The molecule has 0 N–H and O–H groups in total. The molecule has 1 aliphatic carbocycles. The predicted octanol–water partition coefficient (Wildman–Crippen LogP) is 4.51. The van der Waals surface area contributed by atoms with Crippen molar-refractivity contribution in [1.82, 2.24) is 0 Å². The van der Waals surface area contributed by atoms with Gasteiger partial charge < -0.3 is 9.47 Å².